The van der Waals surface area contributed by atoms with Crippen molar-refractivity contribution >= 4 is 35.1 Å². The molecule has 106 valence electrons. The number of aliphatic carboxylic acids is 1. The van der Waals surface area contributed by atoms with E-state index >= 15 is 0 Å². The number of hydrogen-bond donors (Lipinski definition) is 1. The summed E-state index contributed by atoms with van der Waals surface area (Å²) in [7, 11) is 1.31. The Balaban J connectivity index is -0.0000000803. The zero-order valence-electron chi connectivity index (χ0n) is 10.4. The third-order valence-electron chi connectivity index (χ3n) is 0.634. The Bertz CT molecular complexity index is 342. The van der Waals surface area contributed by atoms with Crippen LogP contribution in [0.3, 0.4) is 0 Å². The molecule has 0 saturated carbocycles. The highest BCUT2D eigenvalue weighted by molar-refractivity contribution is 6.55. The third-order valence-corrected chi connectivity index (χ3v) is 0.634. The SMILES string of the molecule is C=C(Cl)Cl.C=CC#N.C=CC(=O)O.C=CC(=O)OC. The molecule has 0 aliphatic rings. The van der Waals surface area contributed by atoms with Gasteiger partial charge >= 0.3 is 11.9 Å². The van der Waals surface area contributed by atoms with Crippen molar-refractivity contribution < 1.29 is 19.4 Å². The predicted octanol–water partition coefficient (Wildman–Crippen LogP) is 3.23. The van der Waals surface area contributed by atoms with Gasteiger partial charge in [-0.2, -0.15) is 5.26 Å². The van der Waals surface area contributed by atoms with Gasteiger partial charge in [-0.25, -0.2) is 9.59 Å². The molecule has 0 aromatic rings. The number of halogens is 2. The molecule has 0 amide bonds. The molecule has 7 heteroatoms. The van der Waals surface area contributed by atoms with Crippen molar-refractivity contribution in [2.24, 2.45) is 0 Å². The van der Waals surface area contributed by atoms with Crippen LogP contribution in [0.2, 0.25) is 0 Å². The van der Waals surface area contributed by atoms with Crippen LogP contribution in [0.4, 0.5) is 0 Å². The Morgan fingerprint density at radius 3 is 1.53 bits per heavy atom. The summed E-state index contributed by atoms with van der Waals surface area (Å²) >= 11 is 9.69. The lowest BCUT2D eigenvalue weighted by Crippen LogP contribution is -1.91. The fraction of sp³-hybridized carbons (Fsp3) is 0.0833. The van der Waals surface area contributed by atoms with Crippen molar-refractivity contribution in [1.82, 2.24) is 0 Å². The van der Waals surface area contributed by atoms with Crippen molar-refractivity contribution in [3.8, 4) is 6.07 Å². The number of nitriles is 1. The predicted molar refractivity (Wildman–Crippen MR) is 76.7 cm³/mol. The van der Waals surface area contributed by atoms with Gasteiger partial charge in [-0.3, -0.25) is 0 Å². The van der Waals surface area contributed by atoms with E-state index in [4.69, 9.17) is 33.6 Å². The third kappa shape index (κ3) is 126. The number of carbonyl (C=O) groups is 2. The number of nitrogens with zero attached hydrogens (tertiary/aromatic N) is 1. The van der Waals surface area contributed by atoms with Crippen LogP contribution in [0.15, 0.2) is 49.0 Å². The summed E-state index contributed by atoms with van der Waals surface area (Å²) in [5.41, 5.74) is 0. The molecule has 0 saturated heterocycles. The number of esters is 1. The quantitative estimate of drug-likeness (QED) is 0.480. The van der Waals surface area contributed by atoms with E-state index in [1.807, 2.05) is 0 Å². The van der Waals surface area contributed by atoms with Crippen LogP contribution in [0.25, 0.3) is 0 Å². The Kier molecular flexibility index (Phi) is 33.8. The molecule has 19 heavy (non-hydrogen) atoms. The standard InChI is InChI=1S/C4H6O2.C3H3N.C3H4O2.C2H2Cl2/c1-3-4(5)6-2;1-2-3-4;1-2-3(4)5;1-2(3)4/h3H,1H2,2H3;2H,1H2;2H,1H2,(H,4,5);1H2. The van der Waals surface area contributed by atoms with Gasteiger partial charge in [0.05, 0.1) is 17.7 Å². The largest absolute Gasteiger partial charge is 0.478 e. The minimum atomic E-state index is -0.981. The van der Waals surface area contributed by atoms with Crippen molar-refractivity contribution in [3.63, 3.8) is 0 Å². The summed E-state index contributed by atoms with van der Waals surface area (Å²) in [4.78, 5) is 19.1. The zero-order valence-corrected chi connectivity index (χ0v) is 11.9. The minimum absolute atomic E-state index is 0.111. The Hall–Kier alpha value is -2.03. The number of methoxy groups -OCH3 is 1. The van der Waals surface area contributed by atoms with E-state index in [1.165, 1.54) is 13.2 Å². The van der Waals surface area contributed by atoms with E-state index in [0.717, 1.165) is 12.2 Å². The van der Waals surface area contributed by atoms with Crippen LogP contribution in [0.5, 0.6) is 0 Å². The Morgan fingerprint density at radius 1 is 1.26 bits per heavy atom. The molecular formula is C12H15Cl2NO4. The van der Waals surface area contributed by atoms with Gasteiger partial charge in [0.15, 0.2) is 0 Å². The fourth-order valence-electron chi connectivity index (χ4n) is 0.0833. The van der Waals surface area contributed by atoms with Crippen LogP contribution >= 0.6 is 23.2 Å². The first kappa shape index (κ1) is 25.7. The zero-order chi connectivity index (χ0) is 16.3. The Morgan fingerprint density at radius 2 is 1.53 bits per heavy atom. The molecule has 0 radical (unpaired) electrons. The number of carboxylic acids is 1. The summed E-state index contributed by atoms with van der Waals surface area (Å²) in [6, 6.07) is 1.69. The fourth-order valence-corrected chi connectivity index (χ4v) is 0.0833. The van der Waals surface area contributed by atoms with Crippen LogP contribution in [0.1, 0.15) is 0 Å². The molecule has 0 rings (SSSR count). The van der Waals surface area contributed by atoms with Gasteiger partial charge in [-0.15, -0.1) is 0 Å². The van der Waals surface area contributed by atoms with E-state index in [2.05, 4.69) is 31.1 Å². The molecule has 0 fully saturated rings. The molecule has 0 aliphatic carbocycles. The number of rotatable bonds is 2. The van der Waals surface area contributed by atoms with E-state index in [1.54, 1.807) is 6.07 Å². The first-order valence-electron chi connectivity index (χ1n) is 4.29. The van der Waals surface area contributed by atoms with E-state index in [9.17, 15) is 9.59 Å². The van der Waals surface area contributed by atoms with Crippen LogP contribution in [-0.2, 0) is 14.3 Å². The van der Waals surface area contributed by atoms with Crippen molar-refractivity contribution in [2.75, 3.05) is 7.11 Å². The van der Waals surface area contributed by atoms with Gasteiger partial charge in [0.25, 0.3) is 0 Å². The van der Waals surface area contributed by atoms with Crippen LogP contribution in [-0.4, -0.2) is 24.2 Å². The smallest absolute Gasteiger partial charge is 0.329 e. The molecular weight excluding hydrogens is 293 g/mol. The van der Waals surface area contributed by atoms with Crippen molar-refractivity contribution in [1.29, 1.82) is 5.26 Å². The molecule has 0 aromatic heterocycles. The van der Waals surface area contributed by atoms with Crippen molar-refractivity contribution in [3.05, 3.63) is 49.0 Å². The lowest BCUT2D eigenvalue weighted by molar-refractivity contribution is -0.135. The Labute approximate surface area is 122 Å². The highest BCUT2D eigenvalue weighted by Gasteiger charge is 1.81. The number of hydrogen-bond acceptors (Lipinski definition) is 4. The minimum Gasteiger partial charge on any atom is -0.478 e. The second-order valence-corrected chi connectivity index (χ2v) is 3.05. The van der Waals surface area contributed by atoms with E-state index in [0.29, 0.717) is 0 Å². The topological polar surface area (TPSA) is 87.4 Å². The number of allylic oxidation sites excluding steroid dienone is 1. The first-order valence-corrected chi connectivity index (χ1v) is 5.05. The van der Waals surface area contributed by atoms with Gasteiger partial charge in [0, 0.05) is 18.2 Å². The molecule has 0 atom stereocenters. The highest BCUT2D eigenvalue weighted by atomic mass is 35.5. The van der Waals surface area contributed by atoms with Crippen LogP contribution < -0.4 is 0 Å². The molecule has 0 aromatic carbocycles. The second-order valence-electron chi connectivity index (χ2n) is 1.94. The maximum atomic E-state index is 9.84. The number of carboxylic acid groups (broad SMARTS) is 1. The lowest BCUT2D eigenvalue weighted by Gasteiger charge is -1.83. The van der Waals surface area contributed by atoms with Gasteiger partial charge in [0.1, 0.15) is 0 Å². The molecule has 0 heterocycles. The second kappa shape index (κ2) is 25.0. The highest BCUT2D eigenvalue weighted by Crippen LogP contribution is 1.98. The maximum Gasteiger partial charge on any atom is 0.329 e. The molecule has 0 spiro atoms. The summed E-state index contributed by atoms with van der Waals surface area (Å²) < 4.78 is 4.25. The van der Waals surface area contributed by atoms with Gasteiger partial charge in [-0.05, 0) is 0 Å². The van der Waals surface area contributed by atoms with E-state index < -0.39 is 11.9 Å². The average Bonchev–Trinajstić information content (AvgIpc) is 2.38. The molecule has 0 bridgehead atoms. The van der Waals surface area contributed by atoms with Gasteiger partial charge in [0.2, 0.25) is 0 Å². The number of carbonyl (C=O) groups excluding carboxylic acids is 1. The van der Waals surface area contributed by atoms with Gasteiger partial charge < -0.3 is 9.84 Å². The molecule has 0 aliphatic heterocycles. The van der Waals surface area contributed by atoms with Crippen LogP contribution in [0, 0.1) is 11.3 Å². The maximum absolute atomic E-state index is 9.84. The normalized spacial score (nSPS) is 6.00. The average molecular weight is 308 g/mol. The summed E-state index contributed by atoms with van der Waals surface area (Å²) in [5.74, 6) is -1.37. The molecule has 0 unspecified atom stereocenters. The summed E-state index contributed by atoms with van der Waals surface area (Å²) in [6.07, 6.45) is 3.12. The lowest BCUT2D eigenvalue weighted by atomic mass is 10.7. The summed E-state index contributed by atoms with van der Waals surface area (Å²) in [5, 5.41) is 15.1. The molecule has 1 N–H and O–H groups in total. The first-order chi connectivity index (χ1) is 8.72. The summed E-state index contributed by atoms with van der Waals surface area (Å²) in [6.45, 7) is 12.3. The number of ether oxygens (including phenoxy) is 1. The monoisotopic (exact) mass is 307 g/mol. The molecule has 5 nitrogen and oxygen atoms in total. The van der Waals surface area contributed by atoms with Gasteiger partial charge in [-0.1, -0.05) is 49.5 Å². The van der Waals surface area contributed by atoms with Crippen molar-refractivity contribution in [2.45, 2.75) is 0 Å². The van der Waals surface area contributed by atoms with E-state index in [-0.39, 0.29) is 4.49 Å².